The third kappa shape index (κ3) is 3.51. The van der Waals surface area contributed by atoms with Crippen LogP contribution in [0.3, 0.4) is 0 Å². The summed E-state index contributed by atoms with van der Waals surface area (Å²) in [5, 5.41) is 3.24. The van der Waals surface area contributed by atoms with Gasteiger partial charge in [0.2, 0.25) is 5.91 Å². The van der Waals surface area contributed by atoms with Crippen molar-refractivity contribution in [3.8, 4) is 0 Å². The van der Waals surface area contributed by atoms with Crippen molar-refractivity contribution in [1.82, 2.24) is 10.2 Å². The Bertz CT molecular complexity index is 782. The molecule has 2 aliphatic heterocycles. The molecule has 1 N–H and O–H groups in total. The smallest absolute Gasteiger partial charge is 0.289 e. The molecule has 2 aromatic rings. The second-order valence-corrected chi connectivity index (χ2v) is 7.92. The van der Waals surface area contributed by atoms with Crippen molar-refractivity contribution in [1.29, 1.82) is 0 Å². The number of hydrogen-bond donors (Lipinski definition) is 1. The van der Waals surface area contributed by atoms with Gasteiger partial charge in [0.25, 0.3) is 5.91 Å². The fourth-order valence-electron chi connectivity index (χ4n) is 3.68. The minimum atomic E-state index is -0.0907. The van der Waals surface area contributed by atoms with Crippen molar-refractivity contribution in [2.45, 2.75) is 30.2 Å². The highest BCUT2D eigenvalue weighted by Crippen LogP contribution is 2.36. The minimum Gasteiger partial charge on any atom is -0.459 e. The number of benzene rings is 1. The summed E-state index contributed by atoms with van der Waals surface area (Å²) in [7, 11) is 0. The van der Waals surface area contributed by atoms with E-state index < -0.39 is 0 Å². The normalized spacial score (nSPS) is 20.5. The van der Waals surface area contributed by atoms with Crippen LogP contribution in [0.5, 0.6) is 0 Å². The maximum absolute atomic E-state index is 12.7. The molecule has 1 atom stereocenters. The molecule has 2 amide bonds. The van der Waals surface area contributed by atoms with E-state index in [2.05, 4.69) is 17.4 Å². The zero-order chi connectivity index (χ0) is 17.9. The predicted octanol–water partition coefficient (Wildman–Crippen LogP) is 3.49. The summed E-state index contributed by atoms with van der Waals surface area (Å²) in [6.07, 6.45) is 3.86. The fraction of sp³-hybridized carbons (Fsp3) is 0.400. The molecule has 1 saturated heterocycles. The highest BCUT2D eigenvalue weighted by Gasteiger charge is 2.30. The van der Waals surface area contributed by atoms with Gasteiger partial charge in [0.1, 0.15) is 0 Å². The van der Waals surface area contributed by atoms with Crippen molar-refractivity contribution in [3.05, 3.63) is 54.0 Å². The van der Waals surface area contributed by atoms with Crippen LogP contribution in [-0.2, 0) is 4.79 Å². The molecule has 2 aliphatic rings. The van der Waals surface area contributed by atoms with Gasteiger partial charge in [-0.05, 0) is 43.0 Å². The van der Waals surface area contributed by atoms with Crippen LogP contribution in [0.2, 0.25) is 0 Å². The van der Waals surface area contributed by atoms with Gasteiger partial charge in [-0.25, -0.2) is 0 Å². The molecular weight excluding hydrogens is 348 g/mol. The molecule has 136 valence electrons. The van der Waals surface area contributed by atoms with Crippen LogP contribution >= 0.6 is 11.8 Å². The average Bonchev–Trinajstić information content (AvgIpc) is 3.23. The lowest BCUT2D eigenvalue weighted by molar-refractivity contribution is -0.127. The number of furan rings is 1. The number of nitrogens with zero attached hydrogens (tertiary/aromatic N) is 1. The Morgan fingerprint density at radius 1 is 1.08 bits per heavy atom. The lowest BCUT2D eigenvalue weighted by Gasteiger charge is -2.32. The number of likely N-dealkylation sites (tertiary alicyclic amines) is 1. The second kappa shape index (κ2) is 7.58. The van der Waals surface area contributed by atoms with Gasteiger partial charge < -0.3 is 14.6 Å². The second-order valence-electron chi connectivity index (χ2n) is 6.78. The Balaban J connectivity index is 1.34. The van der Waals surface area contributed by atoms with Gasteiger partial charge >= 0.3 is 0 Å². The van der Waals surface area contributed by atoms with E-state index in [1.807, 2.05) is 23.9 Å². The van der Waals surface area contributed by atoms with Crippen LogP contribution in [-0.4, -0.2) is 35.6 Å². The minimum absolute atomic E-state index is 0.0302. The number of fused-ring (bicyclic) bond motifs is 1. The number of rotatable bonds is 3. The summed E-state index contributed by atoms with van der Waals surface area (Å²) >= 11 is 1.85. The number of nitrogens with one attached hydrogen (secondary N) is 1. The molecule has 3 heterocycles. The average molecular weight is 370 g/mol. The van der Waals surface area contributed by atoms with Gasteiger partial charge in [-0.3, -0.25) is 9.59 Å². The first-order chi connectivity index (χ1) is 12.7. The number of piperidine rings is 1. The third-order valence-corrected chi connectivity index (χ3v) is 6.28. The number of hydrogen-bond acceptors (Lipinski definition) is 4. The van der Waals surface area contributed by atoms with Crippen molar-refractivity contribution in [2.24, 2.45) is 5.92 Å². The van der Waals surface area contributed by atoms with E-state index in [1.165, 1.54) is 16.7 Å². The van der Waals surface area contributed by atoms with E-state index >= 15 is 0 Å². The van der Waals surface area contributed by atoms with Gasteiger partial charge in [-0.1, -0.05) is 18.2 Å². The summed E-state index contributed by atoms with van der Waals surface area (Å²) in [6.45, 7) is 1.18. The molecule has 26 heavy (non-hydrogen) atoms. The van der Waals surface area contributed by atoms with Crippen LogP contribution < -0.4 is 5.32 Å². The molecule has 4 rings (SSSR count). The maximum atomic E-state index is 12.7. The molecule has 1 aromatic heterocycles. The summed E-state index contributed by atoms with van der Waals surface area (Å²) < 4.78 is 5.18. The third-order valence-electron chi connectivity index (χ3n) is 5.16. The van der Waals surface area contributed by atoms with E-state index in [4.69, 9.17) is 4.42 Å². The topological polar surface area (TPSA) is 62.6 Å². The quantitative estimate of drug-likeness (QED) is 0.898. The SMILES string of the molecule is O=C(N[C@H]1CCSc2ccccc21)C1CCN(C(=O)c2ccco2)CC1. The van der Waals surface area contributed by atoms with E-state index in [1.54, 1.807) is 17.0 Å². The Morgan fingerprint density at radius 3 is 2.65 bits per heavy atom. The molecule has 0 unspecified atom stereocenters. The monoisotopic (exact) mass is 370 g/mol. The molecular formula is C20H22N2O3S. The first-order valence-corrected chi connectivity index (χ1v) is 10.1. The molecule has 0 spiro atoms. The first kappa shape index (κ1) is 17.2. The van der Waals surface area contributed by atoms with E-state index in [9.17, 15) is 9.59 Å². The first-order valence-electron chi connectivity index (χ1n) is 9.07. The largest absolute Gasteiger partial charge is 0.459 e. The Hall–Kier alpha value is -2.21. The van der Waals surface area contributed by atoms with Gasteiger partial charge in [0.15, 0.2) is 5.76 Å². The molecule has 6 heteroatoms. The summed E-state index contributed by atoms with van der Waals surface area (Å²) in [4.78, 5) is 28.1. The number of thioether (sulfide) groups is 1. The fourth-order valence-corrected chi connectivity index (χ4v) is 4.81. The Kier molecular flexibility index (Phi) is 5.02. The van der Waals surface area contributed by atoms with Crippen molar-refractivity contribution < 1.29 is 14.0 Å². The number of carbonyl (C=O) groups is 2. The van der Waals surface area contributed by atoms with Crippen LogP contribution in [0.25, 0.3) is 0 Å². The van der Waals surface area contributed by atoms with E-state index in [0.29, 0.717) is 31.7 Å². The lowest BCUT2D eigenvalue weighted by atomic mass is 9.94. The summed E-state index contributed by atoms with van der Waals surface area (Å²) in [5.74, 6) is 1.38. The number of amides is 2. The van der Waals surface area contributed by atoms with Crippen molar-refractivity contribution >= 4 is 23.6 Å². The van der Waals surface area contributed by atoms with E-state index in [0.717, 1.165) is 12.2 Å². The van der Waals surface area contributed by atoms with Crippen LogP contribution in [0.4, 0.5) is 0 Å². The van der Waals surface area contributed by atoms with Gasteiger partial charge in [-0.2, -0.15) is 0 Å². The van der Waals surface area contributed by atoms with Gasteiger partial charge in [0, 0.05) is 29.7 Å². The Labute approximate surface area is 157 Å². The molecule has 5 nitrogen and oxygen atoms in total. The van der Waals surface area contributed by atoms with Crippen molar-refractivity contribution in [2.75, 3.05) is 18.8 Å². The molecule has 0 bridgehead atoms. The molecule has 1 fully saturated rings. The highest BCUT2D eigenvalue weighted by atomic mass is 32.2. The molecule has 1 aromatic carbocycles. The van der Waals surface area contributed by atoms with Crippen LogP contribution in [0.15, 0.2) is 52.0 Å². The van der Waals surface area contributed by atoms with Crippen LogP contribution in [0.1, 0.15) is 41.4 Å². The van der Waals surface area contributed by atoms with Crippen LogP contribution in [0, 0.1) is 5.92 Å². The lowest BCUT2D eigenvalue weighted by Crippen LogP contribution is -2.44. The standard InChI is InChI=1S/C20H22N2O3S/c23-19(21-16-9-13-26-18-6-2-1-4-15(16)18)14-7-10-22(11-8-14)20(24)17-5-3-12-25-17/h1-6,12,14,16H,7-11,13H2,(H,21,23)/t16-/m0/s1. The van der Waals surface area contributed by atoms with Gasteiger partial charge in [-0.15, -0.1) is 11.8 Å². The highest BCUT2D eigenvalue weighted by molar-refractivity contribution is 7.99. The Morgan fingerprint density at radius 2 is 1.88 bits per heavy atom. The van der Waals surface area contributed by atoms with E-state index in [-0.39, 0.29) is 23.8 Å². The molecule has 0 saturated carbocycles. The molecule has 0 radical (unpaired) electrons. The summed E-state index contributed by atoms with van der Waals surface area (Å²) in [5.41, 5.74) is 1.22. The predicted molar refractivity (Wildman–Crippen MR) is 100 cm³/mol. The number of carbonyl (C=O) groups excluding carboxylic acids is 2. The molecule has 0 aliphatic carbocycles. The zero-order valence-corrected chi connectivity index (χ0v) is 15.3. The van der Waals surface area contributed by atoms with Gasteiger partial charge in [0.05, 0.1) is 12.3 Å². The zero-order valence-electron chi connectivity index (χ0n) is 14.5. The van der Waals surface area contributed by atoms with Crippen molar-refractivity contribution in [3.63, 3.8) is 0 Å². The summed E-state index contributed by atoms with van der Waals surface area (Å²) in [6, 6.07) is 11.8. The maximum Gasteiger partial charge on any atom is 0.289 e.